The maximum atomic E-state index is 8.92. The molecule has 1 aliphatic rings. The summed E-state index contributed by atoms with van der Waals surface area (Å²) in [5, 5.41) is 12.3. The van der Waals surface area contributed by atoms with E-state index >= 15 is 0 Å². The van der Waals surface area contributed by atoms with Gasteiger partial charge in [-0.25, -0.2) is 0 Å². The normalized spacial score (nSPS) is 31.6. The van der Waals surface area contributed by atoms with Gasteiger partial charge in [-0.2, -0.15) is 0 Å². The van der Waals surface area contributed by atoms with Crippen LogP contribution < -0.4 is 5.32 Å². The molecule has 0 bridgehead atoms. The van der Waals surface area contributed by atoms with Gasteiger partial charge in [-0.3, -0.25) is 0 Å². The van der Waals surface area contributed by atoms with Gasteiger partial charge in [0.15, 0.2) is 0 Å². The first-order valence-corrected chi connectivity index (χ1v) is 5.17. The van der Waals surface area contributed by atoms with Gasteiger partial charge in [0, 0.05) is 19.2 Å². The summed E-state index contributed by atoms with van der Waals surface area (Å²) in [7, 11) is 1.77. The molecule has 0 aromatic heterocycles. The molecular formula is C10H21NO2. The summed E-state index contributed by atoms with van der Waals surface area (Å²) in [5.41, 5.74) is 0. The van der Waals surface area contributed by atoms with Gasteiger partial charge >= 0.3 is 0 Å². The van der Waals surface area contributed by atoms with Crippen molar-refractivity contribution in [2.75, 3.05) is 13.7 Å². The van der Waals surface area contributed by atoms with Gasteiger partial charge in [-0.05, 0) is 19.8 Å². The molecule has 0 aromatic rings. The highest BCUT2D eigenvalue weighted by atomic mass is 16.5. The molecule has 3 nitrogen and oxygen atoms in total. The number of aliphatic hydroxyl groups excluding tert-OH is 1. The number of nitrogens with one attached hydrogen (secondary N) is 1. The van der Waals surface area contributed by atoms with E-state index in [4.69, 9.17) is 9.84 Å². The molecule has 78 valence electrons. The van der Waals surface area contributed by atoms with Crippen LogP contribution >= 0.6 is 0 Å². The zero-order valence-corrected chi connectivity index (χ0v) is 8.62. The molecule has 1 aliphatic carbocycles. The molecule has 2 unspecified atom stereocenters. The summed E-state index contributed by atoms with van der Waals surface area (Å²) in [6.45, 7) is 2.20. The van der Waals surface area contributed by atoms with Gasteiger partial charge in [0.25, 0.3) is 0 Å². The third kappa shape index (κ3) is 3.25. The molecule has 3 atom stereocenters. The van der Waals surface area contributed by atoms with Gasteiger partial charge in [0.05, 0.1) is 12.7 Å². The van der Waals surface area contributed by atoms with Crippen LogP contribution in [-0.4, -0.2) is 37.0 Å². The Morgan fingerprint density at radius 2 is 2.15 bits per heavy atom. The Hall–Kier alpha value is -0.120. The van der Waals surface area contributed by atoms with Crippen LogP contribution in [0.5, 0.6) is 0 Å². The minimum absolute atomic E-state index is 0.181. The van der Waals surface area contributed by atoms with Crippen LogP contribution in [0.3, 0.4) is 0 Å². The predicted octanol–water partition coefficient (Wildman–Crippen LogP) is 0.914. The Bertz CT molecular complexity index is 141. The Morgan fingerprint density at radius 3 is 2.77 bits per heavy atom. The highest BCUT2D eigenvalue weighted by Gasteiger charge is 2.25. The Kier molecular flexibility index (Phi) is 4.70. The first-order valence-electron chi connectivity index (χ1n) is 5.17. The van der Waals surface area contributed by atoms with E-state index in [0.717, 1.165) is 6.42 Å². The van der Waals surface area contributed by atoms with Gasteiger partial charge in [0.2, 0.25) is 0 Å². The summed E-state index contributed by atoms with van der Waals surface area (Å²) < 4.78 is 5.40. The fourth-order valence-corrected chi connectivity index (χ4v) is 1.99. The topological polar surface area (TPSA) is 41.5 Å². The molecule has 0 aliphatic heterocycles. The molecular weight excluding hydrogens is 166 g/mol. The van der Waals surface area contributed by atoms with Gasteiger partial charge < -0.3 is 15.2 Å². The maximum absolute atomic E-state index is 8.92. The van der Waals surface area contributed by atoms with Crippen molar-refractivity contribution in [1.29, 1.82) is 0 Å². The van der Waals surface area contributed by atoms with Crippen LogP contribution in [0.2, 0.25) is 0 Å². The molecule has 0 radical (unpaired) electrons. The summed E-state index contributed by atoms with van der Waals surface area (Å²) in [5.74, 6) is 0. The lowest BCUT2D eigenvalue weighted by Gasteiger charge is -2.32. The number of hydrogen-bond acceptors (Lipinski definition) is 3. The monoisotopic (exact) mass is 187 g/mol. The van der Waals surface area contributed by atoms with Crippen LogP contribution in [0.4, 0.5) is 0 Å². The van der Waals surface area contributed by atoms with Gasteiger partial charge in [-0.15, -0.1) is 0 Å². The average molecular weight is 187 g/mol. The van der Waals surface area contributed by atoms with Crippen molar-refractivity contribution in [1.82, 2.24) is 5.32 Å². The summed E-state index contributed by atoms with van der Waals surface area (Å²) in [6.07, 6.45) is 5.19. The molecule has 1 fully saturated rings. The van der Waals surface area contributed by atoms with Crippen LogP contribution in [0.25, 0.3) is 0 Å². The molecule has 0 aromatic carbocycles. The lowest BCUT2D eigenvalue weighted by atomic mass is 9.92. The zero-order chi connectivity index (χ0) is 9.68. The summed E-state index contributed by atoms with van der Waals surface area (Å²) >= 11 is 0. The Morgan fingerprint density at radius 1 is 1.46 bits per heavy atom. The molecule has 0 saturated heterocycles. The molecule has 0 spiro atoms. The molecule has 0 heterocycles. The van der Waals surface area contributed by atoms with E-state index in [1.165, 1.54) is 19.3 Å². The van der Waals surface area contributed by atoms with Crippen LogP contribution in [-0.2, 0) is 4.74 Å². The summed E-state index contributed by atoms with van der Waals surface area (Å²) in [4.78, 5) is 0. The van der Waals surface area contributed by atoms with Crippen molar-refractivity contribution < 1.29 is 9.84 Å². The lowest BCUT2D eigenvalue weighted by molar-refractivity contribution is 0.0355. The lowest BCUT2D eigenvalue weighted by Crippen LogP contribution is -2.47. The minimum Gasteiger partial charge on any atom is -0.395 e. The van der Waals surface area contributed by atoms with Gasteiger partial charge in [0.1, 0.15) is 0 Å². The molecule has 2 N–H and O–H groups in total. The van der Waals surface area contributed by atoms with E-state index in [9.17, 15) is 0 Å². The number of hydrogen-bond donors (Lipinski definition) is 2. The first-order chi connectivity index (χ1) is 6.27. The van der Waals surface area contributed by atoms with Crippen molar-refractivity contribution >= 4 is 0 Å². The fraction of sp³-hybridized carbons (Fsp3) is 1.00. The number of methoxy groups -OCH3 is 1. The Labute approximate surface area is 80.5 Å². The fourth-order valence-electron chi connectivity index (χ4n) is 1.99. The predicted molar refractivity (Wildman–Crippen MR) is 52.7 cm³/mol. The SMILES string of the molecule is COC1CCCCC1N[C@H](C)CO. The second-order valence-electron chi connectivity index (χ2n) is 3.92. The number of rotatable bonds is 4. The van der Waals surface area contributed by atoms with Crippen molar-refractivity contribution in [3.05, 3.63) is 0 Å². The largest absolute Gasteiger partial charge is 0.395 e. The smallest absolute Gasteiger partial charge is 0.0724 e. The van der Waals surface area contributed by atoms with E-state index < -0.39 is 0 Å². The van der Waals surface area contributed by atoms with Crippen LogP contribution in [0, 0.1) is 0 Å². The summed E-state index contributed by atoms with van der Waals surface area (Å²) in [6, 6.07) is 0.613. The van der Waals surface area contributed by atoms with Crippen molar-refractivity contribution in [3.8, 4) is 0 Å². The second-order valence-corrected chi connectivity index (χ2v) is 3.92. The van der Waals surface area contributed by atoms with Crippen molar-refractivity contribution in [2.24, 2.45) is 0 Å². The zero-order valence-electron chi connectivity index (χ0n) is 8.62. The van der Waals surface area contributed by atoms with E-state index in [1.54, 1.807) is 7.11 Å². The van der Waals surface area contributed by atoms with Crippen LogP contribution in [0.1, 0.15) is 32.6 Å². The van der Waals surface area contributed by atoms with E-state index in [1.807, 2.05) is 6.92 Å². The highest BCUT2D eigenvalue weighted by Crippen LogP contribution is 2.20. The number of ether oxygens (including phenoxy) is 1. The highest BCUT2D eigenvalue weighted by molar-refractivity contribution is 4.83. The van der Waals surface area contributed by atoms with Gasteiger partial charge in [-0.1, -0.05) is 12.8 Å². The minimum atomic E-state index is 0.181. The number of aliphatic hydroxyl groups is 1. The third-order valence-corrected chi connectivity index (χ3v) is 2.78. The van der Waals surface area contributed by atoms with Crippen molar-refractivity contribution in [2.45, 2.75) is 50.8 Å². The quantitative estimate of drug-likeness (QED) is 0.687. The second kappa shape index (κ2) is 5.58. The molecule has 1 rings (SSSR count). The molecule has 13 heavy (non-hydrogen) atoms. The van der Waals surface area contributed by atoms with E-state index in [-0.39, 0.29) is 12.6 Å². The third-order valence-electron chi connectivity index (χ3n) is 2.78. The maximum Gasteiger partial charge on any atom is 0.0724 e. The molecule has 0 amide bonds. The molecule has 3 heteroatoms. The first kappa shape index (κ1) is 11.0. The van der Waals surface area contributed by atoms with E-state index in [0.29, 0.717) is 12.1 Å². The Balaban J connectivity index is 2.35. The van der Waals surface area contributed by atoms with Crippen LogP contribution in [0.15, 0.2) is 0 Å². The average Bonchev–Trinajstić information content (AvgIpc) is 2.18. The van der Waals surface area contributed by atoms with Crippen molar-refractivity contribution in [3.63, 3.8) is 0 Å². The standard InChI is InChI=1S/C10H21NO2/c1-8(7-12)11-9-5-3-4-6-10(9)13-2/h8-12H,3-7H2,1-2H3/t8-,9?,10?/m1/s1. The molecule has 1 saturated carbocycles. The van der Waals surface area contributed by atoms with E-state index in [2.05, 4.69) is 5.32 Å².